The molecule has 3 atom stereocenters. The molecule has 1 saturated carbocycles. The second kappa shape index (κ2) is 8.36. The standard InChI is InChI=1S/C24H25N7OS/c25-11-23-28-21(13-33-23)14-4-7-19(22(32)8-14)20-12-26-24(30-29-20)31(17-5-6-17)18-9-15-2-1-3-16(10-18)27-15/h4,7-8,12-13,15-18,27,32H,1-3,5-6,9-10H2/t15-,16?,18?/m0/s1. The van der Waals surface area contributed by atoms with Gasteiger partial charge in [-0.1, -0.05) is 12.5 Å². The van der Waals surface area contributed by atoms with Crippen LogP contribution in [-0.4, -0.2) is 49.4 Å². The highest BCUT2D eigenvalue weighted by atomic mass is 32.1. The Bertz CT molecular complexity index is 1190. The number of aromatic nitrogens is 4. The molecule has 1 aromatic carbocycles. The van der Waals surface area contributed by atoms with Crippen LogP contribution in [0.2, 0.25) is 0 Å². The lowest BCUT2D eigenvalue weighted by Gasteiger charge is -2.44. The van der Waals surface area contributed by atoms with Gasteiger partial charge in [0.15, 0.2) is 5.01 Å². The fourth-order valence-electron chi connectivity index (χ4n) is 5.32. The highest BCUT2D eigenvalue weighted by Gasteiger charge is 2.41. The number of benzene rings is 1. The van der Waals surface area contributed by atoms with Crippen LogP contribution in [0.5, 0.6) is 5.75 Å². The summed E-state index contributed by atoms with van der Waals surface area (Å²) in [6.07, 6.45) is 10.2. The van der Waals surface area contributed by atoms with Crippen molar-refractivity contribution in [1.82, 2.24) is 25.5 Å². The van der Waals surface area contributed by atoms with Gasteiger partial charge in [0.2, 0.25) is 5.95 Å². The first-order valence-electron chi connectivity index (χ1n) is 11.6. The third-order valence-corrected chi connectivity index (χ3v) is 7.72. The van der Waals surface area contributed by atoms with E-state index in [1.165, 1.54) is 43.4 Å². The minimum absolute atomic E-state index is 0.0908. The maximum absolute atomic E-state index is 10.6. The van der Waals surface area contributed by atoms with Gasteiger partial charge in [0.05, 0.1) is 11.9 Å². The summed E-state index contributed by atoms with van der Waals surface area (Å²) >= 11 is 1.28. The van der Waals surface area contributed by atoms with E-state index in [9.17, 15) is 5.11 Å². The molecule has 6 rings (SSSR count). The summed E-state index contributed by atoms with van der Waals surface area (Å²) in [4.78, 5) is 11.4. The maximum atomic E-state index is 10.6. The fraction of sp³-hybridized carbons (Fsp3) is 0.458. The molecule has 33 heavy (non-hydrogen) atoms. The number of nitrogens with zero attached hydrogens (tertiary/aromatic N) is 6. The molecular formula is C24H25N7OS. The lowest BCUT2D eigenvalue weighted by atomic mass is 9.83. The van der Waals surface area contributed by atoms with Crippen molar-refractivity contribution >= 4 is 17.3 Å². The molecule has 2 saturated heterocycles. The molecule has 0 amide bonds. The summed E-state index contributed by atoms with van der Waals surface area (Å²) in [5.74, 6) is 0.793. The van der Waals surface area contributed by atoms with Gasteiger partial charge in [-0.3, -0.25) is 0 Å². The number of nitrogens with one attached hydrogen (secondary N) is 1. The number of hydrogen-bond donors (Lipinski definition) is 2. The van der Waals surface area contributed by atoms with Crippen molar-refractivity contribution in [3.63, 3.8) is 0 Å². The number of anilines is 1. The van der Waals surface area contributed by atoms with Crippen LogP contribution in [0.4, 0.5) is 5.95 Å². The maximum Gasteiger partial charge on any atom is 0.245 e. The minimum Gasteiger partial charge on any atom is -0.507 e. The number of thiazole rings is 1. The van der Waals surface area contributed by atoms with Crippen LogP contribution in [-0.2, 0) is 0 Å². The van der Waals surface area contributed by atoms with E-state index in [-0.39, 0.29) is 5.75 Å². The van der Waals surface area contributed by atoms with Crippen LogP contribution in [0.25, 0.3) is 22.5 Å². The van der Waals surface area contributed by atoms with Crippen molar-refractivity contribution in [2.45, 2.75) is 69.1 Å². The van der Waals surface area contributed by atoms with Crippen LogP contribution in [0, 0.1) is 11.3 Å². The monoisotopic (exact) mass is 459 g/mol. The van der Waals surface area contributed by atoms with Crippen LogP contribution in [0.3, 0.4) is 0 Å². The number of nitriles is 1. The zero-order valence-corrected chi connectivity index (χ0v) is 19.0. The van der Waals surface area contributed by atoms with Gasteiger partial charge in [-0.15, -0.1) is 21.5 Å². The van der Waals surface area contributed by atoms with Gasteiger partial charge >= 0.3 is 0 Å². The Morgan fingerprint density at radius 3 is 2.52 bits per heavy atom. The topological polar surface area (TPSA) is 111 Å². The molecule has 2 aliphatic heterocycles. The number of phenolic OH excluding ortho intramolecular Hbond substituents is 1. The molecule has 3 aliphatic rings. The zero-order chi connectivity index (χ0) is 22.4. The molecule has 2 bridgehead atoms. The van der Waals surface area contributed by atoms with Crippen LogP contribution in [0.15, 0.2) is 29.8 Å². The highest BCUT2D eigenvalue weighted by molar-refractivity contribution is 7.10. The minimum atomic E-state index is 0.0908. The zero-order valence-electron chi connectivity index (χ0n) is 18.2. The normalized spacial score (nSPS) is 24.3. The third kappa shape index (κ3) is 4.05. The summed E-state index contributed by atoms with van der Waals surface area (Å²) in [6, 6.07) is 9.54. The Balaban J connectivity index is 1.24. The van der Waals surface area contributed by atoms with Gasteiger partial charge in [-0.05, 0) is 50.7 Å². The van der Waals surface area contributed by atoms with Crippen molar-refractivity contribution in [3.8, 4) is 34.3 Å². The molecule has 1 aliphatic carbocycles. The van der Waals surface area contributed by atoms with Crippen molar-refractivity contribution in [1.29, 1.82) is 5.26 Å². The quantitative estimate of drug-likeness (QED) is 0.591. The summed E-state index contributed by atoms with van der Waals surface area (Å²) in [7, 11) is 0. The smallest absolute Gasteiger partial charge is 0.245 e. The number of fused-ring (bicyclic) bond motifs is 2. The average Bonchev–Trinajstić information content (AvgIpc) is 3.54. The van der Waals surface area contributed by atoms with E-state index in [0.717, 1.165) is 18.4 Å². The van der Waals surface area contributed by atoms with E-state index in [4.69, 9.17) is 10.2 Å². The van der Waals surface area contributed by atoms with Crippen molar-refractivity contribution < 1.29 is 5.11 Å². The van der Waals surface area contributed by atoms with E-state index in [2.05, 4.69) is 25.4 Å². The number of aromatic hydroxyl groups is 1. The lowest BCUT2D eigenvalue weighted by Crippen LogP contribution is -2.55. The first-order valence-corrected chi connectivity index (χ1v) is 12.5. The van der Waals surface area contributed by atoms with Crippen LogP contribution >= 0.6 is 11.3 Å². The molecule has 4 heterocycles. The molecule has 8 nitrogen and oxygen atoms in total. The van der Waals surface area contributed by atoms with Gasteiger partial charge in [0, 0.05) is 40.7 Å². The summed E-state index contributed by atoms with van der Waals surface area (Å²) in [5, 5.41) is 34.6. The largest absolute Gasteiger partial charge is 0.507 e. The molecule has 0 spiro atoms. The molecule has 2 unspecified atom stereocenters. The Kier molecular flexibility index (Phi) is 5.19. The van der Waals surface area contributed by atoms with Gasteiger partial charge in [0.25, 0.3) is 0 Å². The molecule has 3 aromatic rings. The van der Waals surface area contributed by atoms with Gasteiger partial charge in [-0.2, -0.15) is 5.26 Å². The predicted octanol–water partition coefficient (Wildman–Crippen LogP) is 3.88. The average molecular weight is 460 g/mol. The van der Waals surface area contributed by atoms with Crippen LogP contribution in [0.1, 0.15) is 50.0 Å². The van der Waals surface area contributed by atoms with E-state index in [1.807, 2.05) is 17.5 Å². The summed E-state index contributed by atoms with van der Waals surface area (Å²) in [6.45, 7) is 0. The van der Waals surface area contributed by atoms with E-state index in [0.29, 0.717) is 52.1 Å². The third-order valence-electron chi connectivity index (χ3n) is 6.97. The first kappa shape index (κ1) is 20.5. The predicted molar refractivity (Wildman–Crippen MR) is 126 cm³/mol. The second-order valence-corrected chi connectivity index (χ2v) is 10.1. The molecule has 0 radical (unpaired) electrons. The van der Waals surface area contributed by atoms with Gasteiger partial charge in [-0.25, -0.2) is 9.97 Å². The summed E-state index contributed by atoms with van der Waals surface area (Å²) < 4.78 is 0. The number of phenols is 1. The lowest BCUT2D eigenvalue weighted by molar-refractivity contribution is 0.215. The summed E-state index contributed by atoms with van der Waals surface area (Å²) in [5.41, 5.74) is 2.54. The molecular weight excluding hydrogens is 434 g/mol. The fourth-order valence-corrected chi connectivity index (χ4v) is 5.93. The molecule has 168 valence electrons. The Hall–Kier alpha value is -3.09. The number of hydrogen-bond acceptors (Lipinski definition) is 9. The van der Waals surface area contributed by atoms with Crippen LogP contribution < -0.4 is 10.2 Å². The van der Waals surface area contributed by atoms with E-state index in [1.54, 1.807) is 18.3 Å². The Morgan fingerprint density at radius 1 is 1.06 bits per heavy atom. The molecule has 9 heteroatoms. The second-order valence-electron chi connectivity index (χ2n) is 9.28. The molecule has 2 aromatic heterocycles. The van der Waals surface area contributed by atoms with Crippen molar-refractivity contribution in [2.24, 2.45) is 0 Å². The Morgan fingerprint density at radius 2 is 1.88 bits per heavy atom. The number of piperidine rings is 2. The van der Waals surface area contributed by atoms with Gasteiger partial charge in [0.1, 0.15) is 17.5 Å². The van der Waals surface area contributed by atoms with Gasteiger partial charge < -0.3 is 15.3 Å². The van der Waals surface area contributed by atoms with E-state index < -0.39 is 0 Å². The molecule has 3 fully saturated rings. The van der Waals surface area contributed by atoms with Crippen molar-refractivity contribution in [3.05, 3.63) is 34.8 Å². The highest BCUT2D eigenvalue weighted by Crippen LogP contribution is 2.38. The SMILES string of the molecule is N#Cc1nc(-c2ccc(-c3cnc(N(C4CC4)C4CC5CCC[C@@H](C4)N5)nn3)c(O)c2)cs1. The first-order chi connectivity index (χ1) is 16.2. The van der Waals surface area contributed by atoms with E-state index >= 15 is 0 Å². The molecule has 2 N–H and O–H groups in total. The van der Waals surface area contributed by atoms with Crippen molar-refractivity contribution in [2.75, 3.05) is 4.90 Å². The number of rotatable bonds is 5. The Labute approximate surface area is 196 Å².